The number of thiazole rings is 1. The fourth-order valence-corrected chi connectivity index (χ4v) is 7.19. The molecular weight excluding hydrogens is 468 g/mol. The Morgan fingerprint density at radius 1 is 1.30 bits per heavy atom. The smallest absolute Gasteiger partial charge is 0.263 e. The SMILES string of the molecule is Cc1nc2sc(C(=O)N[C@H]3COc4c(F)c(N5CC6CCC(C5)N6)cc(F)c4C3)c(N)c2s1. The van der Waals surface area contributed by atoms with Crippen molar-refractivity contribution in [2.24, 2.45) is 0 Å². The van der Waals surface area contributed by atoms with Crippen molar-refractivity contribution in [3.8, 4) is 5.75 Å². The van der Waals surface area contributed by atoms with Gasteiger partial charge in [-0.1, -0.05) is 0 Å². The Labute approximate surface area is 196 Å². The third-order valence-corrected chi connectivity index (χ3v) is 8.85. The number of piperazine rings is 1. The topological polar surface area (TPSA) is 92.5 Å². The summed E-state index contributed by atoms with van der Waals surface area (Å²) in [5, 5.41) is 7.25. The average molecular weight is 492 g/mol. The second-order valence-corrected chi connectivity index (χ2v) is 11.1. The summed E-state index contributed by atoms with van der Waals surface area (Å²) in [5.74, 6) is -1.44. The van der Waals surface area contributed by atoms with E-state index in [2.05, 4.69) is 15.6 Å². The maximum atomic E-state index is 15.4. The van der Waals surface area contributed by atoms with Crippen LogP contribution in [0.4, 0.5) is 20.2 Å². The van der Waals surface area contributed by atoms with Gasteiger partial charge >= 0.3 is 0 Å². The normalized spacial score (nSPS) is 24.1. The summed E-state index contributed by atoms with van der Waals surface area (Å²) in [4.78, 5) is 20.2. The Morgan fingerprint density at radius 2 is 2.06 bits per heavy atom. The maximum Gasteiger partial charge on any atom is 0.263 e. The number of benzene rings is 1. The first-order valence-corrected chi connectivity index (χ1v) is 12.6. The lowest BCUT2D eigenvalue weighted by atomic mass is 10.00. The summed E-state index contributed by atoms with van der Waals surface area (Å²) in [6.07, 6.45) is 2.25. The van der Waals surface area contributed by atoms with Crippen LogP contribution in [0.15, 0.2) is 6.07 Å². The number of aromatic nitrogens is 1. The first-order chi connectivity index (χ1) is 15.9. The molecule has 2 aromatic heterocycles. The molecule has 33 heavy (non-hydrogen) atoms. The lowest BCUT2D eigenvalue weighted by Crippen LogP contribution is -2.51. The summed E-state index contributed by atoms with van der Waals surface area (Å²) >= 11 is 2.68. The number of rotatable bonds is 3. The van der Waals surface area contributed by atoms with E-state index in [1.54, 1.807) is 0 Å². The first kappa shape index (κ1) is 21.1. The predicted octanol–water partition coefficient (Wildman–Crippen LogP) is 3.20. The third-order valence-electron chi connectivity index (χ3n) is 6.62. The molecule has 0 saturated carbocycles. The van der Waals surface area contributed by atoms with Crippen LogP contribution in [-0.2, 0) is 6.42 Å². The van der Waals surface area contributed by atoms with Gasteiger partial charge in [-0.15, -0.1) is 22.7 Å². The third kappa shape index (κ3) is 3.53. The second kappa shape index (κ2) is 7.78. The molecule has 3 atom stereocenters. The molecule has 0 aliphatic carbocycles. The number of nitrogen functional groups attached to an aromatic ring is 1. The van der Waals surface area contributed by atoms with Gasteiger partial charge in [0.15, 0.2) is 11.6 Å². The zero-order valence-corrected chi connectivity index (χ0v) is 19.5. The number of fused-ring (bicyclic) bond motifs is 4. The Hall–Kier alpha value is -2.50. The number of amides is 1. The van der Waals surface area contributed by atoms with Gasteiger partial charge in [0.2, 0.25) is 0 Å². The van der Waals surface area contributed by atoms with Gasteiger partial charge in [-0.3, -0.25) is 4.79 Å². The molecule has 11 heteroatoms. The molecule has 7 nitrogen and oxygen atoms in total. The largest absolute Gasteiger partial charge is 0.488 e. The average Bonchev–Trinajstić information content (AvgIpc) is 3.43. The van der Waals surface area contributed by atoms with E-state index in [1.807, 2.05) is 11.8 Å². The van der Waals surface area contributed by atoms with E-state index in [4.69, 9.17) is 10.5 Å². The number of hydrogen-bond acceptors (Lipinski definition) is 8. The molecule has 3 aliphatic rings. The van der Waals surface area contributed by atoms with Crippen LogP contribution in [0.3, 0.4) is 0 Å². The number of aryl methyl sites for hydroxylation is 1. The number of carbonyl (C=O) groups excluding carboxylic acids is 1. The number of halogens is 2. The van der Waals surface area contributed by atoms with Crippen LogP contribution in [0.2, 0.25) is 0 Å². The van der Waals surface area contributed by atoms with Crippen molar-refractivity contribution in [1.82, 2.24) is 15.6 Å². The van der Waals surface area contributed by atoms with Gasteiger partial charge in [0.25, 0.3) is 5.91 Å². The highest BCUT2D eigenvalue weighted by molar-refractivity contribution is 7.29. The quantitative estimate of drug-likeness (QED) is 0.521. The first-order valence-electron chi connectivity index (χ1n) is 11.0. The molecule has 3 aromatic rings. The molecule has 2 unspecified atom stereocenters. The van der Waals surface area contributed by atoms with Gasteiger partial charge in [0.05, 0.1) is 27.1 Å². The van der Waals surface area contributed by atoms with Crippen LogP contribution in [0.1, 0.15) is 33.1 Å². The number of nitrogens with zero attached hydrogens (tertiary/aromatic N) is 2. The molecule has 3 aliphatic heterocycles. The molecule has 0 spiro atoms. The second-order valence-electron chi connectivity index (χ2n) is 8.94. The van der Waals surface area contributed by atoms with Crippen molar-refractivity contribution in [3.63, 3.8) is 0 Å². The van der Waals surface area contributed by atoms with Gasteiger partial charge in [-0.05, 0) is 19.8 Å². The van der Waals surface area contributed by atoms with Crippen molar-refractivity contribution in [2.45, 2.75) is 44.3 Å². The number of thiophene rings is 1. The lowest BCUT2D eigenvalue weighted by Gasteiger charge is -2.36. The molecule has 4 N–H and O–H groups in total. The van der Waals surface area contributed by atoms with Crippen LogP contribution in [0.5, 0.6) is 5.75 Å². The van der Waals surface area contributed by atoms with Gasteiger partial charge in [-0.25, -0.2) is 13.8 Å². The van der Waals surface area contributed by atoms with Crippen LogP contribution >= 0.6 is 22.7 Å². The molecule has 6 rings (SSSR count). The van der Waals surface area contributed by atoms with E-state index >= 15 is 8.78 Å². The van der Waals surface area contributed by atoms with E-state index < -0.39 is 17.7 Å². The van der Waals surface area contributed by atoms with E-state index in [0.717, 1.165) is 27.4 Å². The van der Waals surface area contributed by atoms with E-state index in [1.165, 1.54) is 28.7 Å². The minimum Gasteiger partial charge on any atom is -0.488 e. The fourth-order valence-electron chi connectivity index (χ4n) is 5.10. The van der Waals surface area contributed by atoms with Gasteiger partial charge < -0.3 is 26.0 Å². The molecular formula is C22H23F2N5O2S2. The maximum absolute atomic E-state index is 15.4. The summed E-state index contributed by atoms with van der Waals surface area (Å²) in [7, 11) is 0. The zero-order valence-electron chi connectivity index (χ0n) is 17.9. The zero-order chi connectivity index (χ0) is 22.9. The fraction of sp³-hybridized carbons (Fsp3) is 0.455. The number of carbonyl (C=O) groups is 1. The Morgan fingerprint density at radius 3 is 2.79 bits per heavy atom. The highest BCUT2D eigenvalue weighted by atomic mass is 32.1. The van der Waals surface area contributed by atoms with Crippen LogP contribution in [-0.4, -0.2) is 48.7 Å². The number of nitrogens with one attached hydrogen (secondary N) is 2. The van der Waals surface area contributed by atoms with Crippen LogP contribution in [0.25, 0.3) is 9.53 Å². The Bertz CT molecular complexity index is 1260. The Balaban J connectivity index is 1.21. The van der Waals surface area contributed by atoms with E-state index in [9.17, 15) is 4.79 Å². The van der Waals surface area contributed by atoms with Gasteiger partial charge in [0, 0.05) is 43.2 Å². The monoisotopic (exact) mass is 491 g/mol. The highest BCUT2D eigenvalue weighted by Gasteiger charge is 2.36. The molecule has 1 amide bonds. The molecule has 5 heterocycles. The molecule has 174 valence electrons. The van der Waals surface area contributed by atoms with Gasteiger partial charge in [-0.2, -0.15) is 0 Å². The van der Waals surface area contributed by atoms with Gasteiger partial charge in [0.1, 0.15) is 22.1 Å². The van der Waals surface area contributed by atoms with Crippen LogP contribution < -0.4 is 26.0 Å². The minimum atomic E-state index is -0.526. The number of anilines is 2. The van der Waals surface area contributed by atoms with Crippen molar-refractivity contribution in [1.29, 1.82) is 0 Å². The summed E-state index contributed by atoms with van der Waals surface area (Å²) in [6, 6.07) is 1.39. The standard InChI is InChI=1S/C22H23F2N5O2S2/c1-9-26-22-20(32-9)17(25)19(33-22)21(30)28-12-4-13-14(23)5-15(16(24)18(13)31-8-12)29-6-10-2-3-11(7-29)27-10/h5,10-12,27H,2-4,6-8,25H2,1H3,(H,28,30)/t10?,11?,12-/m1/s1. The summed E-state index contributed by atoms with van der Waals surface area (Å²) in [5.41, 5.74) is 6.97. The number of ether oxygens (including phenoxy) is 1. The Kier molecular flexibility index (Phi) is 4.96. The number of nitrogens with two attached hydrogens (primary N) is 1. The minimum absolute atomic E-state index is 0.0443. The van der Waals surface area contributed by atoms with Crippen molar-refractivity contribution in [2.75, 3.05) is 30.3 Å². The predicted molar refractivity (Wildman–Crippen MR) is 126 cm³/mol. The molecule has 2 saturated heterocycles. The lowest BCUT2D eigenvalue weighted by molar-refractivity contribution is 0.0918. The van der Waals surface area contributed by atoms with Crippen LogP contribution in [0, 0.1) is 18.6 Å². The van der Waals surface area contributed by atoms with E-state index in [-0.39, 0.29) is 35.9 Å². The summed E-state index contributed by atoms with van der Waals surface area (Å²) < 4.78 is 36.9. The number of hydrogen-bond donors (Lipinski definition) is 3. The van der Waals surface area contributed by atoms with Crippen molar-refractivity contribution >= 4 is 49.5 Å². The van der Waals surface area contributed by atoms with Crippen molar-refractivity contribution in [3.05, 3.63) is 33.1 Å². The molecule has 2 bridgehead atoms. The highest BCUT2D eigenvalue weighted by Crippen LogP contribution is 2.39. The summed E-state index contributed by atoms with van der Waals surface area (Å²) in [6.45, 7) is 3.25. The van der Waals surface area contributed by atoms with Crippen molar-refractivity contribution < 1.29 is 18.3 Å². The molecule has 2 fully saturated rings. The molecule has 1 aromatic carbocycles. The van der Waals surface area contributed by atoms with E-state index in [0.29, 0.717) is 35.7 Å². The molecule has 0 radical (unpaired) electrons.